The Bertz CT molecular complexity index is 1060. The number of nitrogens with zero attached hydrogens (tertiary/aromatic N) is 2. The highest BCUT2D eigenvalue weighted by Gasteiger charge is 2.11. The smallest absolute Gasteiger partial charge is 0.253 e. The highest BCUT2D eigenvalue weighted by molar-refractivity contribution is 5.97. The SMILES string of the molecule is CN(C)C(=O)c1ccc(-c2c[nH]c3ncc(-c4ccccc4)cc23)cc1. The molecular weight excluding hydrogens is 322 g/mol. The van der Waals surface area contributed by atoms with Crippen molar-refractivity contribution in [3.8, 4) is 22.3 Å². The molecule has 0 aliphatic carbocycles. The highest BCUT2D eigenvalue weighted by atomic mass is 16.2. The lowest BCUT2D eigenvalue weighted by Crippen LogP contribution is -2.21. The molecule has 0 fully saturated rings. The van der Waals surface area contributed by atoms with Crippen LogP contribution in [0.25, 0.3) is 33.3 Å². The van der Waals surface area contributed by atoms with Gasteiger partial charge in [-0.1, -0.05) is 42.5 Å². The van der Waals surface area contributed by atoms with Gasteiger partial charge in [-0.2, -0.15) is 0 Å². The van der Waals surface area contributed by atoms with E-state index in [1.54, 1.807) is 19.0 Å². The Morgan fingerprint density at radius 3 is 2.35 bits per heavy atom. The highest BCUT2D eigenvalue weighted by Crippen LogP contribution is 2.31. The molecule has 0 aliphatic heterocycles. The van der Waals surface area contributed by atoms with Gasteiger partial charge in [0.2, 0.25) is 0 Å². The lowest BCUT2D eigenvalue weighted by molar-refractivity contribution is 0.0827. The van der Waals surface area contributed by atoms with Crippen LogP contribution in [0.5, 0.6) is 0 Å². The maximum Gasteiger partial charge on any atom is 0.253 e. The predicted octanol–water partition coefficient (Wildman–Crippen LogP) is 4.60. The van der Waals surface area contributed by atoms with Crippen molar-refractivity contribution in [1.29, 1.82) is 0 Å². The summed E-state index contributed by atoms with van der Waals surface area (Å²) >= 11 is 0. The van der Waals surface area contributed by atoms with Gasteiger partial charge in [-0.05, 0) is 29.3 Å². The number of amides is 1. The molecule has 0 unspecified atom stereocenters. The van der Waals surface area contributed by atoms with Gasteiger partial charge in [0.25, 0.3) is 5.91 Å². The molecule has 2 aromatic carbocycles. The number of hydrogen-bond acceptors (Lipinski definition) is 2. The van der Waals surface area contributed by atoms with E-state index >= 15 is 0 Å². The van der Waals surface area contributed by atoms with E-state index in [0.717, 1.165) is 33.3 Å². The lowest BCUT2D eigenvalue weighted by atomic mass is 10.0. The molecule has 1 amide bonds. The van der Waals surface area contributed by atoms with E-state index < -0.39 is 0 Å². The average molecular weight is 341 g/mol. The zero-order valence-electron chi connectivity index (χ0n) is 14.7. The molecule has 4 heteroatoms. The zero-order valence-corrected chi connectivity index (χ0v) is 14.7. The fraction of sp³-hybridized carbons (Fsp3) is 0.0909. The summed E-state index contributed by atoms with van der Waals surface area (Å²) in [7, 11) is 3.51. The topological polar surface area (TPSA) is 49.0 Å². The average Bonchev–Trinajstić information content (AvgIpc) is 3.11. The molecule has 2 aromatic heterocycles. The number of benzene rings is 2. The van der Waals surface area contributed by atoms with E-state index in [2.05, 4.69) is 28.2 Å². The van der Waals surface area contributed by atoms with Crippen molar-refractivity contribution >= 4 is 16.9 Å². The Morgan fingerprint density at radius 2 is 1.65 bits per heavy atom. The minimum absolute atomic E-state index is 0.00325. The molecule has 4 rings (SSSR count). The van der Waals surface area contributed by atoms with E-state index in [1.165, 1.54) is 0 Å². The van der Waals surface area contributed by atoms with Crippen molar-refractivity contribution in [3.63, 3.8) is 0 Å². The first-order valence-corrected chi connectivity index (χ1v) is 8.48. The van der Waals surface area contributed by atoms with E-state index in [4.69, 9.17) is 0 Å². The second kappa shape index (κ2) is 6.48. The summed E-state index contributed by atoms with van der Waals surface area (Å²) in [5, 5.41) is 1.07. The first-order chi connectivity index (χ1) is 12.6. The molecule has 0 spiro atoms. The summed E-state index contributed by atoms with van der Waals surface area (Å²) < 4.78 is 0. The van der Waals surface area contributed by atoms with E-state index in [-0.39, 0.29) is 5.91 Å². The Labute approximate surface area is 152 Å². The van der Waals surface area contributed by atoms with E-state index in [9.17, 15) is 4.79 Å². The number of pyridine rings is 1. The third-order valence-corrected chi connectivity index (χ3v) is 4.49. The van der Waals surface area contributed by atoms with Crippen molar-refractivity contribution in [2.45, 2.75) is 0 Å². The molecule has 0 saturated heterocycles. The summed E-state index contributed by atoms with van der Waals surface area (Å²) in [6, 6.07) is 20.1. The van der Waals surface area contributed by atoms with Gasteiger partial charge in [-0.3, -0.25) is 4.79 Å². The summed E-state index contributed by atoms with van der Waals surface area (Å²) in [6.45, 7) is 0. The van der Waals surface area contributed by atoms with Crippen LogP contribution in [0, 0.1) is 0 Å². The number of fused-ring (bicyclic) bond motifs is 1. The first-order valence-electron chi connectivity index (χ1n) is 8.48. The Balaban J connectivity index is 1.76. The minimum Gasteiger partial charge on any atom is -0.346 e. The van der Waals surface area contributed by atoms with Gasteiger partial charge in [-0.15, -0.1) is 0 Å². The Kier molecular flexibility index (Phi) is 4.01. The van der Waals surface area contributed by atoms with Gasteiger partial charge in [0.05, 0.1) is 0 Å². The standard InChI is InChI=1S/C22H19N3O/c1-25(2)22(26)17-10-8-16(9-11-17)20-14-24-21-19(20)12-18(13-23-21)15-6-4-3-5-7-15/h3-14H,1-2H3,(H,23,24). The van der Waals surface area contributed by atoms with Crippen LogP contribution in [0.15, 0.2) is 73.1 Å². The van der Waals surface area contributed by atoms with Crippen molar-refractivity contribution in [2.24, 2.45) is 0 Å². The number of rotatable bonds is 3. The van der Waals surface area contributed by atoms with Crippen molar-refractivity contribution in [1.82, 2.24) is 14.9 Å². The monoisotopic (exact) mass is 341 g/mol. The molecule has 128 valence electrons. The molecule has 0 bridgehead atoms. The normalized spacial score (nSPS) is 10.8. The quantitative estimate of drug-likeness (QED) is 0.592. The first kappa shape index (κ1) is 16.1. The van der Waals surface area contributed by atoms with Crippen LogP contribution in [0.1, 0.15) is 10.4 Å². The van der Waals surface area contributed by atoms with Crippen LogP contribution < -0.4 is 0 Å². The number of hydrogen-bond donors (Lipinski definition) is 1. The Morgan fingerprint density at radius 1 is 0.923 bits per heavy atom. The molecule has 0 radical (unpaired) electrons. The summed E-state index contributed by atoms with van der Waals surface area (Å²) in [4.78, 5) is 21.4. The molecule has 1 N–H and O–H groups in total. The Hall–Kier alpha value is -3.40. The lowest BCUT2D eigenvalue weighted by Gasteiger charge is -2.10. The van der Waals surface area contributed by atoms with Crippen LogP contribution in [0.2, 0.25) is 0 Å². The van der Waals surface area contributed by atoms with Crippen molar-refractivity contribution in [2.75, 3.05) is 14.1 Å². The number of nitrogens with one attached hydrogen (secondary N) is 1. The zero-order chi connectivity index (χ0) is 18.1. The predicted molar refractivity (Wildman–Crippen MR) is 105 cm³/mol. The minimum atomic E-state index is 0.00325. The van der Waals surface area contributed by atoms with Gasteiger partial charge in [0, 0.05) is 48.6 Å². The number of aromatic nitrogens is 2. The summed E-state index contributed by atoms with van der Waals surface area (Å²) in [6.07, 6.45) is 3.85. The third kappa shape index (κ3) is 2.86. The molecular formula is C22H19N3O. The largest absolute Gasteiger partial charge is 0.346 e. The molecule has 2 heterocycles. The van der Waals surface area contributed by atoms with E-state index in [1.807, 2.05) is 54.9 Å². The van der Waals surface area contributed by atoms with Crippen molar-refractivity contribution < 1.29 is 4.79 Å². The fourth-order valence-corrected chi connectivity index (χ4v) is 3.08. The number of H-pyrrole nitrogens is 1. The molecule has 0 aliphatic rings. The second-order valence-electron chi connectivity index (χ2n) is 6.47. The third-order valence-electron chi connectivity index (χ3n) is 4.49. The van der Waals surface area contributed by atoms with Crippen LogP contribution >= 0.6 is 0 Å². The molecule has 26 heavy (non-hydrogen) atoms. The van der Waals surface area contributed by atoms with E-state index in [0.29, 0.717) is 5.56 Å². The maximum absolute atomic E-state index is 12.1. The number of carbonyl (C=O) groups excluding carboxylic acids is 1. The molecule has 4 aromatic rings. The van der Waals surface area contributed by atoms with Gasteiger partial charge < -0.3 is 9.88 Å². The van der Waals surface area contributed by atoms with Crippen molar-refractivity contribution in [3.05, 3.63) is 78.6 Å². The number of aromatic amines is 1. The van der Waals surface area contributed by atoms with Gasteiger partial charge in [0.1, 0.15) is 5.65 Å². The van der Waals surface area contributed by atoms with Crippen LogP contribution in [0.4, 0.5) is 0 Å². The summed E-state index contributed by atoms with van der Waals surface area (Å²) in [5.41, 5.74) is 5.89. The molecule has 4 nitrogen and oxygen atoms in total. The van der Waals surface area contributed by atoms with Gasteiger partial charge >= 0.3 is 0 Å². The van der Waals surface area contributed by atoms with Gasteiger partial charge in [-0.25, -0.2) is 4.98 Å². The number of carbonyl (C=O) groups is 1. The molecule has 0 atom stereocenters. The fourth-order valence-electron chi connectivity index (χ4n) is 3.08. The molecule has 0 saturated carbocycles. The van der Waals surface area contributed by atoms with Crippen LogP contribution in [-0.4, -0.2) is 34.9 Å². The second-order valence-corrected chi connectivity index (χ2v) is 6.47. The van der Waals surface area contributed by atoms with Crippen LogP contribution in [0.3, 0.4) is 0 Å². The van der Waals surface area contributed by atoms with Gasteiger partial charge in [0.15, 0.2) is 0 Å². The summed E-state index contributed by atoms with van der Waals surface area (Å²) in [5.74, 6) is 0.00325. The maximum atomic E-state index is 12.1. The van der Waals surface area contributed by atoms with Crippen LogP contribution in [-0.2, 0) is 0 Å².